The summed E-state index contributed by atoms with van der Waals surface area (Å²) in [5.41, 5.74) is -0.267. The summed E-state index contributed by atoms with van der Waals surface area (Å²) in [6.45, 7) is 3.87. The number of carboxylic acids is 1. The van der Waals surface area contributed by atoms with E-state index in [-0.39, 0.29) is 11.5 Å². The van der Waals surface area contributed by atoms with Gasteiger partial charge in [-0.2, -0.15) is 0 Å². The average molecular weight is 266 g/mol. The van der Waals surface area contributed by atoms with Crippen LogP contribution in [0.4, 0.5) is 0 Å². The number of hydrogen-bond donors (Lipinski definition) is 1. The maximum atomic E-state index is 12.1. The third-order valence-electron chi connectivity index (χ3n) is 2.65. The van der Waals surface area contributed by atoms with E-state index in [0.717, 1.165) is 11.5 Å². The number of carbonyl (C=O) groups is 1. The monoisotopic (exact) mass is 266 g/mol. The molecule has 0 aliphatic rings. The smallest absolute Gasteiger partial charge is 0.327 e. The van der Waals surface area contributed by atoms with Crippen molar-refractivity contribution in [3.05, 3.63) is 28.7 Å². The lowest BCUT2D eigenvalue weighted by molar-refractivity contribution is -0.141. The largest absolute Gasteiger partial charge is 0.480 e. The minimum Gasteiger partial charge on any atom is -0.480 e. The van der Waals surface area contributed by atoms with Crippen molar-refractivity contribution in [1.82, 2.24) is 8.94 Å². The van der Waals surface area contributed by atoms with E-state index in [2.05, 4.69) is 4.98 Å². The first-order valence-corrected chi connectivity index (χ1v) is 6.47. The molecule has 2 rings (SSSR count). The Hall–Kier alpha value is -1.69. The van der Waals surface area contributed by atoms with Crippen molar-refractivity contribution in [3.8, 4) is 0 Å². The molecule has 0 amide bonds. The molecule has 1 atom stereocenters. The van der Waals surface area contributed by atoms with Crippen LogP contribution in [0.15, 0.2) is 23.1 Å². The van der Waals surface area contributed by atoms with Gasteiger partial charge in [-0.05, 0) is 36.0 Å². The molecule has 6 heteroatoms. The van der Waals surface area contributed by atoms with Gasteiger partial charge in [-0.1, -0.05) is 13.8 Å². The zero-order chi connectivity index (χ0) is 13.3. The maximum absolute atomic E-state index is 12.1. The molecule has 0 aliphatic carbocycles. The first-order valence-electron chi connectivity index (χ1n) is 5.70. The Labute approximate surface area is 108 Å². The van der Waals surface area contributed by atoms with Crippen LogP contribution in [0.3, 0.4) is 0 Å². The Morgan fingerprint density at radius 2 is 2.28 bits per heavy atom. The summed E-state index contributed by atoms with van der Waals surface area (Å²) in [5.74, 6) is -0.770. The first kappa shape index (κ1) is 12.8. The molecule has 1 N–H and O–H groups in total. The van der Waals surface area contributed by atoms with E-state index >= 15 is 0 Å². The van der Waals surface area contributed by atoms with Crippen molar-refractivity contribution in [2.45, 2.75) is 26.3 Å². The van der Waals surface area contributed by atoms with Crippen molar-refractivity contribution in [3.63, 3.8) is 0 Å². The Balaban J connectivity index is 2.54. The topological polar surface area (TPSA) is 72.2 Å². The van der Waals surface area contributed by atoms with Gasteiger partial charge in [-0.3, -0.25) is 4.79 Å². The van der Waals surface area contributed by atoms with E-state index in [1.165, 1.54) is 3.96 Å². The molecule has 0 aliphatic heterocycles. The van der Waals surface area contributed by atoms with Gasteiger partial charge in [0.15, 0.2) is 0 Å². The molecule has 1 unspecified atom stereocenters. The minimum absolute atomic E-state index is 0.205. The van der Waals surface area contributed by atoms with Crippen LogP contribution in [0.1, 0.15) is 26.3 Å². The SMILES string of the molecule is CC(C)CC(C(=O)O)n1sc2ncccc2c1=O. The van der Waals surface area contributed by atoms with Gasteiger partial charge in [0.2, 0.25) is 0 Å². The van der Waals surface area contributed by atoms with E-state index in [0.29, 0.717) is 16.6 Å². The van der Waals surface area contributed by atoms with Crippen LogP contribution in [0.2, 0.25) is 0 Å². The summed E-state index contributed by atoms with van der Waals surface area (Å²) >= 11 is 1.11. The van der Waals surface area contributed by atoms with Gasteiger partial charge in [0.05, 0.1) is 5.39 Å². The second-order valence-corrected chi connectivity index (χ2v) is 5.52. The molecule has 0 radical (unpaired) electrons. The van der Waals surface area contributed by atoms with Crippen LogP contribution in [0, 0.1) is 5.92 Å². The molecule has 0 fully saturated rings. The number of aromatic nitrogens is 2. The number of rotatable bonds is 4. The molecular formula is C12H14N2O3S. The van der Waals surface area contributed by atoms with Crippen LogP contribution in [0.5, 0.6) is 0 Å². The number of hydrogen-bond acceptors (Lipinski definition) is 4. The molecule has 0 saturated carbocycles. The molecule has 18 heavy (non-hydrogen) atoms. The van der Waals surface area contributed by atoms with Crippen LogP contribution in [-0.2, 0) is 4.79 Å². The van der Waals surface area contributed by atoms with Gasteiger partial charge >= 0.3 is 5.97 Å². The number of nitrogens with zero attached hydrogens (tertiary/aromatic N) is 2. The molecule has 0 saturated heterocycles. The Morgan fingerprint density at radius 3 is 2.83 bits per heavy atom. The van der Waals surface area contributed by atoms with Crippen molar-refractivity contribution >= 4 is 27.7 Å². The number of carboxylic acid groups (broad SMARTS) is 1. The summed E-state index contributed by atoms with van der Waals surface area (Å²) in [7, 11) is 0. The highest BCUT2D eigenvalue weighted by Crippen LogP contribution is 2.22. The minimum atomic E-state index is -0.975. The van der Waals surface area contributed by atoms with Gasteiger partial charge in [-0.25, -0.2) is 13.7 Å². The van der Waals surface area contributed by atoms with E-state index in [1.807, 2.05) is 13.8 Å². The van der Waals surface area contributed by atoms with Gasteiger partial charge in [0.25, 0.3) is 5.56 Å². The quantitative estimate of drug-likeness (QED) is 0.920. The fourth-order valence-corrected chi connectivity index (χ4v) is 2.86. The fourth-order valence-electron chi connectivity index (χ4n) is 1.83. The van der Waals surface area contributed by atoms with Crippen molar-refractivity contribution in [2.75, 3.05) is 0 Å². The normalized spacial score (nSPS) is 13.1. The summed E-state index contributed by atoms with van der Waals surface area (Å²) in [6.07, 6.45) is 2.03. The predicted molar refractivity (Wildman–Crippen MR) is 70.0 cm³/mol. The lowest BCUT2D eigenvalue weighted by Gasteiger charge is -2.14. The third kappa shape index (κ3) is 2.28. The Bertz CT molecular complexity index is 630. The van der Waals surface area contributed by atoms with Crippen LogP contribution >= 0.6 is 11.5 Å². The highest BCUT2D eigenvalue weighted by molar-refractivity contribution is 7.13. The number of fused-ring (bicyclic) bond motifs is 1. The summed E-state index contributed by atoms with van der Waals surface area (Å²) in [5, 5.41) is 9.74. The van der Waals surface area contributed by atoms with Crippen molar-refractivity contribution in [1.29, 1.82) is 0 Å². The van der Waals surface area contributed by atoms with Gasteiger partial charge in [-0.15, -0.1) is 0 Å². The fraction of sp³-hybridized carbons (Fsp3) is 0.417. The van der Waals surface area contributed by atoms with Crippen molar-refractivity contribution < 1.29 is 9.90 Å². The Kier molecular flexibility index (Phi) is 3.47. The maximum Gasteiger partial charge on any atom is 0.327 e. The summed E-state index contributed by atoms with van der Waals surface area (Å²) in [6, 6.07) is 2.54. The predicted octanol–water partition coefficient (Wildman–Crippen LogP) is 2.13. The molecule has 0 spiro atoms. The van der Waals surface area contributed by atoms with Gasteiger partial charge in [0, 0.05) is 6.20 Å². The highest BCUT2D eigenvalue weighted by Gasteiger charge is 2.24. The molecule has 0 aromatic carbocycles. The molecule has 0 bridgehead atoms. The average Bonchev–Trinajstić information content (AvgIpc) is 2.64. The summed E-state index contributed by atoms with van der Waals surface area (Å²) < 4.78 is 1.32. The lowest BCUT2D eigenvalue weighted by Crippen LogP contribution is -2.26. The van der Waals surface area contributed by atoms with Crippen LogP contribution < -0.4 is 5.56 Å². The lowest BCUT2D eigenvalue weighted by atomic mass is 10.0. The third-order valence-corrected chi connectivity index (χ3v) is 3.76. The van der Waals surface area contributed by atoms with Crippen LogP contribution in [-0.4, -0.2) is 20.0 Å². The second kappa shape index (κ2) is 4.89. The van der Waals surface area contributed by atoms with Gasteiger partial charge in [0.1, 0.15) is 10.9 Å². The van der Waals surface area contributed by atoms with E-state index in [1.54, 1.807) is 18.3 Å². The molecule has 2 aromatic heterocycles. The standard InChI is InChI=1S/C12H14N2O3S/c1-7(2)6-9(12(16)17)14-11(15)8-4-3-5-13-10(8)18-14/h3-5,7,9H,6H2,1-2H3,(H,16,17). The van der Waals surface area contributed by atoms with E-state index < -0.39 is 12.0 Å². The molecular weight excluding hydrogens is 252 g/mol. The zero-order valence-electron chi connectivity index (χ0n) is 10.2. The zero-order valence-corrected chi connectivity index (χ0v) is 11.0. The molecule has 96 valence electrons. The second-order valence-electron chi connectivity index (χ2n) is 4.56. The highest BCUT2D eigenvalue weighted by atomic mass is 32.1. The number of pyridine rings is 1. The first-order chi connectivity index (χ1) is 8.50. The molecule has 2 heterocycles. The summed E-state index contributed by atoms with van der Waals surface area (Å²) in [4.78, 5) is 28.1. The van der Waals surface area contributed by atoms with Crippen molar-refractivity contribution in [2.24, 2.45) is 5.92 Å². The molecule has 2 aromatic rings. The molecule has 5 nitrogen and oxygen atoms in total. The Morgan fingerprint density at radius 1 is 1.56 bits per heavy atom. The van der Waals surface area contributed by atoms with E-state index in [9.17, 15) is 14.7 Å². The van der Waals surface area contributed by atoms with Gasteiger partial charge < -0.3 is 5.11 Å². The van der Waals surface area contributed by atoms with Crippen LogP contribution in [0.25, 0.3) is 10.2 Å². The number of aliphatic carboxylic acids is 1. The van der Waals surface area contributed by atoms with E-state index in [4.69, 9.17) is 0 Å².